The second-order valence-corrected chi connectivity index (χ2v) is 8.84. The zero-order valence-corrected chi connectivity index (χ0v) is 20.2. The Kier molecular flexibility index (Phi) is 6.50. The van der Waals surface area contributed by atoms with Crippen molar-refractivity contribution in [2.45, 2.75) is 17.5 Å². The Morgan fingerprint density at radius 1 is 0.972 bits per heavy atom. The quantitative estimate of drug-likeness (QED) is 0.326. The molecule has 2 aromatic heterocycles. The number of aromatic nitrogens is 5. The molecule has 2 N–H and O–H groups in total. The molecule has 5 rings (SSSR count). The minimum Gasteiger partial charge on any atom is -0.497 e. The second kappa shape index (κ2) is 10.0. The van der Waals surface area contributed by atoms with E-state index in [4.69, 9.17) is 10.5 Å². The summed E-state index contributed by atoms with van der Waals surface area (Å²) in [6, 6.07) is 24.4. The Bertz CT molecular complexity index is 1600. The molecule has 3 aromatic carbocycles. The Morgan fingerprint density at radius 3 is 2.42 bits per heavy atom. The van der Waals surface area contributed by atoms with Crippen LogP contribution in [0.2, 0.25) is 0 Å². The first-order chi connectivity index (χ1) is 17.5. The van der Waals surface area contributed by atoms with E-state index in [2.05, 4.69) is 15.2 Å². The van der Waals surface area contributed by atoms with Crippen molar-refractivity contribution in [3.05, 3.63) is 95.0 Å². The number of thioether (sulfide) groups is 1. The van der Waals surface area contributed by atoms with Gasteiger partial charge in [-0.25, -0.2) is 4.98 Å². The van der Waals surface area contributed by atoms with E-state index < -0.39 is 5.91 Å². The van der Waals surface area contributed by atoms with Crippen molar-refractivity contribution in [3.8, 4) is 22.8 Å². The molecule has 1 amide bonds. The highest BCUT2D eigenvalue weighted by Crippen LogP contribution is 2.30. The Labute approximate surface area is 210 Å². The highest BCUT2D eigenvalue weighted by molar-refractivity contribution is 7.98. The number of carbonyl (C=O) groups is 1. The van der Waals surface area contributed by atoms with Crippen molar-refractivity contribution in [2.24, 2.45) is 5.73 Å². The lowest BCUT2D eigenvalue weighted by Crippen LogP contribution is -2.31. The molecule has 10 heteroatoms. The molecule has 36 heavy (non-hydrogen) atoms. The molecular weight excluding hydrogens is 476 g/mol. The first kappa shape index (κ1) is 23.3. The van der Waals surface area contributed by atoms with E-state index in [1.54, 1.807) is 25.3 Å². The van der Waals surface area contributed by atoms with Gasteiger partial charge in [0.2, 0.25) is 5.91 Å². The third-order valence-electron chi connectivity index (χ3n) is 5.58. The summed E-state index contributed by atoms with van der Waals surface area (Å²) >= 11 is 1.37. The molecule has 0 unspecified atom stereocenters. The molecule has 0 bridgehead atoms. The lowest BCUT2D eigenvalue weighted by atomic mass is 10.2. The zero-order chi connectivity index (χ0) is 25.1. The van der Waals surface area contributed by atoms with E-state index in [1.807, 2.05) is 65.2 Å². The van der Waals surface area contributed by atoms with E-state index in [1.165, 1.54) is 16.3 Å². The van der Waals surface area contributed by atoms with Crippen LogP contribution in [0.25, 0.3) is 28.0 Å². The van der Waals surface area contributed by atoms with Crippen LogP contribution in [0.1, 0.15) is 5.82 Å². The molecule has 5 aromatic rings. The zero-order valence-electron chi connectivity index (χ0n) is 19.4. The summed E-state index contributed by atoms with van der Waals surface area (Å²) in [6.45, 7) is -0.255. The van der Waals surface area contributed by atoms with Crippen molar-refractivity contribution < 1.29 is 9.53 Å². The number of nitrogens with two attached hydrogens (primary N) is 1. The number of primary amides is 1. The largest absolute Gasteiger partial charge is 0.497 e. The highest BCUT2D eigenvalue weighted by atomic mass is 32.2. The number of para-hydroxylation sites is 2. The lowest BCUT2D eigenvalue weighted by molar-refractivity contribution is -0.118. The van der Waals surface area contributed by atoms with Gasteiger partial charge in [0.15, 0.2) is 11.0 Å². The number of fused-ring (bicyclic) bond motifs is 1. The van der Waals surface area contributed by atoms with Crippen molar-refractivity contribution in [2.75, 3.05) is 7.11 Å². The normalized spacial score (nSPS) is 11.0. The number of rotatable bonds is 8. The van der Waals surface area contributed by atoms with Crippen LogP contribution in [0.3, 0.4) is 0 Å². The first-order valence-corrected chi connectivity index (χ1v) is 12.1. The first-order valence-electron chi connectivity index (χ1n) is 11.1. The van der Waals surface area contributed by atoms with Gasteiger partial charge in [-0.05, 0) is 48.5 Å². The Balaban J connectivity index is 1.56. The van der Waals surface area contributed by atoms with Crippen LogP contribution in [0.5, 0.6) is 5.75 Å². The van der Waals surface area contributed by atoms with Crippen LogP contribution < -0.4 is 16.0 Å². The molecule has 0 aliphatic heterocycles. The van der Waals surface area contributed by atoms with Gasteiger partial charge >= 0.3 is 0 Å². The molecule has 180 valence electrons. The van der Waals surface area contributed by atoms with Gasteiger partial charge in [-0.15, -0.1) is 10.2 Å². The minimum absolute atomic E-state index is 0.255. The van der Waals surface area contributed by atoms with Crippen LogP contribution in [0.4, 0.5) is 0 Å². The van der Waals surface area contributed by atoms with E-state index >= 15 is 0 Å². The molecule has 0 fully saturated rings. The number of amides is 1. The predicted octanol–water partition coefficient (Wildman–Crippen LogP) is 3.43. The maximum Gasteiger partial charge on any atom is 0.261 e. The number of hydrogen-bond acceptors (Lipinski definition) is 7. The van der Waals surface area contributed by atoms with Crippen LogP contribution in [0, 0.1) is 0 Å². The molecule has 0 saturated carbocycles. The van der Waals surface area contributed by atoms with Gasteiger partial charge in [-0.2, -0.15) is 0 Å². The summed E-state index contributed by atoms with van der Waals surface area (Å²) in [5, 5.41) is 9.94. The molecular formula is C26H22N6O3S. The van der Waals surface area contributed by atoms with Crippen LogP contribution in [-0.4, -0.2) is 37.3 Å². The van der Waals surface area contributed by atoms with E-state index in [0.29, 0.717) is 27.7 Å². The molecule has 0 saturated heterocycles. The number of benzene rings is 3. The van der Waals surface area contributed by atoms with Crippen molar-refractivity contribution in [1.29, 1.82) is 0 Å². The summed E-state index contributed by atoms with van der Waals surface area (Å²) in [5.41, 5.74) is 7.44. The summed E-state index contributed by atoms with van der Waals surface area (Å²) in [4.78, 5) is 29.5. The minimum atomic E-state index is -0.616. The molecule has 9 nitrogen and oxygen atoms in total. The maximum atomic E-state index is 13.1. The number of carbonyl (C=O) groups excluding carboxylic acids is 1. The molecule has 0 aliphatic carbocycles. The van der Waals surface area contributed by atoms with Crippen LogP contribution in [-0.2, 0) is 17.1 Å². The summed E-state index contributed by atoms with van der Waals surface area (Å²) in [6.07, 6.45) is 0. The summed E-state index contributed by atoms with van der Waals surface area (Å²) < 4.78 is 8.55. The SMILES string of the molecule is COc1ccc(-c2nnc(SCc3nc4ccccc4c(=O)n3CC(N)=O)n2-c2ccccc2)cc1. The third kappa shape index (κ3) is 4.58. The number of hydrogen-bond donors (Lipinski definition) is 1. The van der Waals surface area contributed by atoms with Gasteiger partial charge in [-0.1, -0.05) is 42.1 Å². The highest BCUT2D eigenvalue weighted by Gasteiger charge is 2.19. The fourth-order valence-electron chi connectivity index (χ4n) is 3.87. The molecule has 0 aliphatic rings. The van der Waals surface area contributed by atoms with E-state index in [9.17, 15) is 9.59 Å². The topological polar surface area (TPSA) is 118 Å². The molecule has 0 radical (unpaired) electrons. The van der Waals surface area contributed by atoms with Crippen LogP contribution >= 0.6 is 11.8 Å². The number of nitrogens with zero attached hydrogens (tertiary/aromatic N) is 5. The second-order valence-electron chi connectivity index (χ2n) is 7.90. The van der Waals surface area contributed by atoms with Gasteiger partial charge in [-0.3, -0.25) is 18.7 Å². The third-order valence-corrected chi connectivity index (χ3v) is 6.51. The predicted molar refractivity (Wildman–Crippen MR) is 138 cm³/mol. The van der Waals surface area contributed by atoms with E-state index in [0.717, 1.165) is 17.0 Å². The van der Waals surface area contributed by atoms with E-state index in [-0.39, 0.29) is 17.9 Å². The fourth-order valence-corrected chi connectivity index (χ4v) is 4.77. The Morgan fingerprint density at radius 2 is 1.69 bits per heavy atom. The van der Waals surface area contributed by atoms with Crippen molar-refractivity contribution in [1.82, 2.24) is 24.3 Å². The molecule has 0 atom stereocenters. The van der Waals surface area contributed by atoms with Gasteiger partial charge in [0.1, 0.15) is 18.1 Å². The average Bonchev–Trinajstić information content (AvgIpc) is 3.33. The molecule has 2 heterocycles. The fraction of sp³-hybridized carbons (Fsp3) is 0.115. The lowest BCUT2D eigenvalue weighted by Gasteiger charge is -2.13. The van der Waals surface area contributed by atoms with Gasteiger partial charge < -0.3 is 10.5 Å². The molecule has 0 spiro atoms. The van der Waals surface area contributed by atoms with Crippen LogP contribution in [0.15, 0.2) is 88.8 Å². The summed E-state index contributed by atoms with van der Waals surface area (Å²) in [5.74, 6) is 1.49. The van der Waals surface area contributed by atoms with Gasteiger partial charge in [0.05, 0.1) is 23.8 Å². The van der Waals surface area contributed by atoms with Gasteiger partial charge in [0, 0.05) is 11.3 Å². The van der Waals surface area contributed by atoms with Crippen molar-refractivity contribution in [3.63, 3.8) is 0 Å². The maximum absolute atomic E-state index is 13.1. The standard InChI is InChI=1S/C26H22N6O3S/c1-35-19-13-11-17(12-14-19)24-29-30-26(32(24)18-7-3-2-4-8-18)36-16-23-28-21-10-6-5-9-20(21)25(34)31(23)15-22(27)33/h2-14H,15-16H2,1H3,(H2,27,33). The smallest absolute Gasteiger partial charge is 0.261 e. The summed E-state index contributed by atoms with van der Waals surface area (Å²) in [7, 11) is 1.62. The van der Waals surface area contributed by atoms with Gasteiger partial charge in [0.25, 0.3) is 5.56 Å². The number of methoxy groups -OCH3 is 1. The number of ether oxygens (including phenoxy) is 1. The Hall–Kier alpha value is -4.44. The average molecular weight is 499 g/mol. The van der Waals surface area contributed by atoms with Crippen molar-refractivity contribution >= 4 is 28.6 Å². The monoisotopic (exact) mass is 498 g/mol.